The molecule has 2 aliphatic heterocycles. The van der Waals surface area contributed by atoms with Crippen molar-refractivity contribution in [2.24, 2.45) is 10.8 Å². The molecule has 2 N–H and O–H groups in total. The summed E-state index contributed by atoms with van der Waals surface area (Å²) in [5, 5.41) is 15.4. The average molecular weight is 836 g/mol. The largest absolute Gasteiger partial charge is 1.00 e. The zero-order chi connectivity index (χ0) is 37.5. The maximum Gasteiger partial charge on any atom is 0.311 e. The molecule has 0 aliphatic carbocycles. The monoisotopic (exact) mass is 834 g/mol. The van der Waals surface area contributed by atoms with Gasteiger partial charge in [-0.05, 0) is 106 Å². The number of rotatable bonds is 13. The molecule has 3 unspecified atom stereocenters. The lowest BCUT2D eigenvalue weighted by molar-refractivity contribution is -0.947. The second-order valence-electron chi connectivity index (χ2n) is 15.3. The van der Waals surface area contributed by atoms with E-state index >= 15 is 0 Å². The van der Waals surface area contributed by atoms with Crippen molar-refractivity contribution >= 4 is 57.8 Å². The van der Waals surface area contributed by atoms with Crippen molar-refractivity contribution in [3.8, 4) is 0 Å². The van der Waals surface area contributed by atoms with Crippen molar-refractivity contribution in [1.29, 1.82) is 0 Å². The van der Waals surface area contributed by atoms with Gasteiger partial charge in [-0.1, -0.05) is 67.0 Å². The van der Waals surface area contributed by atoms with Crippen molar-refractivity contribution < 1.29 is 36.7 Å². The van der Waals surface area contributed by atoms with Gasteiger partial charge >= 0.3 is 11.9 Å². The van der Waals surface area contributed by atoms with Gasteiger partial charge < -0.3 is 27.2 Å². The molecule has 6 nitrogen and oxygen atoms in total. The van der Waals surface area contributed by atoms with Gasteiger partial charge in [0.05, 0.1) is 24.0 Å². The van der Waals surface area contributed by atoms with Crippen LogP contribution in [0.5, 0.6) is 0 Å². The average Bonchev–Trinajstić information content (AvgIpc) is 3.79. The van der Waals surface area contributed by atoms with E-state index < -0.39 is 16.8 Å². The van der Waals surface area contributed by atoms with E-state index in [9.17, 15) is 14.7 Å². The number of quaternary nitrogens is 1. The molecule has 4 heterocycles. The molecule has 3 atom stereocenters. The number of carboxylic acids is 1. The highest BCUT2D eigenvalue weighted by Gasteiger charge is 2.35. The summed E-state index contributed by atoms with van der Waals surface area (Å²) in [6.07, 6.45) is 5.25. The van der Waals surface area contributed by atoms with Crippen LogP contribution in [0.4, 0.5) is 0 Å². The Bertz CT molecular complexity index is 1810. The quantitative estimate of drug-likeness (QED) is 0.137. The lowest BCUT2D eigenvalue weighted by Crippen LogP contribution is -3.12. The summed E-state index contributed by atoms with van der Waals surface area (Å²) in [5.41, 5.74) is 3.92. The lowest BCUT2D eigenvalue weighted by atomic mass is 9.84. The standard InChI is InChI=1S/C22H28ClNO2S.C20H24ClNO2S.CH4.ClH/c1-4-26-21(25)22(2,3)12-9-19(17-7-5-6-8-18(17)23)24-13-10-20-16(15-24)11-14-27-20;1-20(2,19(23)24)10-7-17(15-5-3-4-6-16(15)21)22-11-8-18-14(13-22)9-12-25-18;;/h5-8,11,14,19H,4,9-10,12-13,15H2,1-3H3;3-6,9,12,17H,7-8,10-11,13H2,1-2H3,(H,23,24);1H4;1H. The van der Waals surface area contributed by atoms with E-state index in [0.29, 0.717) is 13.0 Å². The van der Waals surface area contributed by atoms with Gasteiger partial charge in [-0.25, -0.2) is 0 Å². The van der Waals surface area contributed by atoms with Crippen LogP contribution >= 0.6 is 45.9 Å². The van der Waals surface area contributed by atoms with E-state index in [4.69, 9.17) is 27.9 Å². The first kappa shape index (κ1) is 46.0. The molecule has 2 aromatic heterocycles. The molecular formula is C43H57Cl3N2O4S2. The molecule has 11 heteroatoms. The molecule has 0 amide bonds. The maximum absolute atomic E-state index is 12.3. The van der Waals surface area contributed by atoms with E-state index in [-0.39, 0.29) is 37.9 Å². The summed E-state index contributed by atoms with van der Waals surface area (Å²) < 4.78 is 5.27. The molecule has 0 bridgehead atoms. The number of carbonyl (C=O) groups is 2. The third-order valence-electron chi connectivity index (χ3n) is 10.8. The van der Waals surface area contributed by atoms with E-state index in [1.54, 1.807) is 0 Å². The van der Waals surface area contributed by atoms with Crippen LogP contribution in [-0.4, -0.2) is 41.6 Å². The number of aliphatic carboxylic acids is 1. The van der Waals surface area contributed by atoms with Gasteiger partial charge in [0.1, 0.15) is 12.6 Å². The zero-order valence-electron chi connectivity index (χ0n) is 31.4. The van der Waals surface area contributed by atoms with Gasteiger partial charge in [0.25, 0.3) is 0 Å². The van der Waals surface area contributed by atoms with E-state index in [1.807, 2.05) is 93.7 Å². The molecule has 4 aromatic rings. The number of hydrogen-bond donors (Lipinski definition) is 2. The van der Waals surface area contributed by atoms with Gasteiger partial charge in [0, 0.05) is 62.9 Å². The van der Waals surface area contributed by atoms with Crippen LogP contribution in [-0.2, 0) is 40.3 Å². The number of carbonyl (C=O) groups excluding carboxylic acids is 1. The summed E-state index contributed by atoms with van der Waals surface area (Å²) in [5.74, 6) is -0.860. The van der Waals surface area contributed by atoms with Gasteiger partial charge in [0.15, 0.2) is 0 Å². The Balaban J connectivity index is 0.000000281. The molecule has 0 spiro atoms. The van der Waals surface area contributed by atoms with Crippen LogP contribution in [0.3, 0.4) is 0 Å². The maximum atomic E-state index is 12.3. The van der Waals surface area contributed by atoms with Gasteiger partial charge in [0.2, 0.25) is 0 Å². The van der Waals surface area contributed by atoms with Crippen LogP contribution in [0.15, 0.2) is 71.4 Å². The highest BCUT2D eigenvalue weighted by molar-refractivity contribution is 7.10. The number of thiophene rings is 2. The number of benzene rings is 2. The zero-order valence-corrected chi connectivity index (χ0v) is 35.3. The van der Waals surface area contributed by atoms with Crippen molar-refractivity contribution in [3.63, 3.8) is 0 Å². The number of hydrogen-bond acceptors (Lipinski definition) is 6. The van der Waals surface area contributed by atoms with Gasteiger partial charge in [-0.2, -0.15) is 0 Å². The molecule has 2 aliphatic rings. The number of esters is 1. The van der Waals surface area contributed by atoms with E-state index in [1.165, 1.54) is 25.8 Å². The first-order valence-electron chi connectivity index (χ1n) is 18.4. The Kier molecular flexibility index (Phi) is 17.6. The third kappa shape index (κ3) is 11.6. The minimum absolute atomic E-state index is 0. The van der Waals surface area contributed by atoms with Crippen molar-refractivity contribution in [2.75, 3.05) is 19.7 Å². The first-order valence-corrected chi connectivity index (χ1v) is 20.9. The fraction of sp³-hybridized carbons (Fsp3) is 0.488. The normalized spacial score (nSPS) is 16.6. The van der Waals surface area contributed by atoms with Crippen LogP contribution in [0.1, 0.15) is 112 Å². The summed E-state index contributed by atoms with van der Waals surface area (Å²) in [6, 6.07) is 21.0. The number of fused-ring (bicyclic) bond motifs is 2. The molecule has 2 aromatic carbocycles. The fourth-order valence-electron chi connectivity index (χ4n) is 7.34. The molecule has 0 saturated carbocycles. The molecule has 0 saturated heterocycles. The molecule has 0 radical (unpaired) electrons. The minimum atomic E-state index is -0.737. The van der Waals surface area contributed by atoms with Crippen LogP contribution in [0, 0.1) is 10.8 Å². The topological polar surface area (TPSA) is 71.3 Å². The predicted molar refractivity (Wildman–Crippen MR) is 221 cm³/mol. The molecule has 0 fully saturated rings. The van der Waals surface area contributed by atoms with Gasteiger partial charge in [-0.15, -0.1) is 22.7 Å². The molecule has 296 valence electrons. The summed E-state index contributed by atoms with van der Waals surface area (Å²) >= 11 is 16.8. The second-order valence-corrected chi connectivity index (χ2v) is 18.1. The van der Waals surface area contributed by atoms with E-state index in [0.717, 1.165) is 79.5 Å². The fourth-order valence-corrected chi connectivity index (χ4v) is 9.67. The van der Waals surface area contributed by atoms with E-state index in [2.05, 4.69) is 39.9 Å². The number of carboxylic acid groups (broad SMARTS) is 1. The van der Waals surface area contributed by atoms with Crippen molar-refractivity contribution in [2.45, 2.75) is 106 Å². The Morgan fingerprint density at radius 1 is 0.852 bits per heavy atom. The lowest BCUT2D eigenvalue weighted by Gasteiger charge is -2.36. The summed E-state index contributed by atoms with van der Waals surface area (Å²) in [4.78, 5) is 30.8. The number of halogens is 3. The Hall–Kier alpha value is -2.43. The Morgan fingerprint density at radius 3 is 2.04 bits per heavy atom. The number of nitrogens with one attached hydrogen (secondary N) is 1. The number of nitrogens with zero attached hydrogens (tertiary/aromatic N) is 1. The molecule has 6 rings (SSSR count). The number of ether oxygens (including phenoxy) is 1. The Morgan fingerprint density at radius 2 is 1.43 bits per heavy atom. The first-order chi connectivity index (χ1) is 24.8. The molecular weight excluding hydrogens is 779 g/mol. The Labute approximate surface area is 347 Å². The van der Waals surface area contributed by atoms with Crippen LogP contribution < -0.4 is 17.3 Å². The van der Waals surface area contributed by atoms with Crippen molar-refractivity contribution in [1.82, 2.24) is 4.90 Å². The second kappa shape index (κ2) is 20.7. The summed E-state index contributed by atoms with van der Waals surface area (Å²) in [6.45, 7) is 13.8. The molecule has 54 heavy (non-hydrogen) atoms. The van der Waals surface area contributed by atoms with Crippen LogP contribution in [0.25, 0.3) is 0 Å². The highest BCUT2D eigenvalue weighted by atomic mass is 35.5. The third-order valence-corrected chi connectivity index (χ3v) is 13.5. The highest BCUT2D eigenvalue weighted by Crippen LogP contribution is 2.39. The van der Waals surface area contributed by atoms with Crippen LogP contribution in [0.2, 0.25) is 10.0 Å². The van der Waals surface area contributed by atoms with Gasteiger partial charge in [-0.3, -0.25) is 14.5 Å². The van der Waals surface area contributed by atoms with Crippen molar-refractivity contribution in [3.05, 3.63) is 113 Å². The smallest absolute Gasteiger partial charge is 0.311 e. The minimum Gasteiger partial charge on any atom is -1.00 e. The summed E-state index contributed by atoms with van der Waals surface area (Å²) in [7, 11) is 0. The SMILES string of the molecule is C.CC(C)(CCC(c1ccccc1Cl)[NH+]1CCc2sccc2C1)C(=O)O.CCOC(=O)C(C)(C)CCC(c1ccccc1Cl)N1CCc2sccc2C1.[Cl-]. The predicted octanol–water partition coefficient (Wildman–Crippen LogP) is 7.49.